The second-order valence-electron chi connectivity index (χ2n) is 12.4. The second-order valence-corrected chi connectivity index (χ2v) is 12.4. The number of unbranched alkanes of at least 4 members (excludes halogenated alkanes) is 17. The van der Waals surface area contributed by atoms with Gasteiger partial charge in [-0.25, -0.2) is 0 Å². The molecule has 0 aliphatic heterocycles. The van der Waals surface area contributed by atoms with Gasteiger partial charge < -0.3 is 10.5 Å². The first-order chi connectivity index (χ1) is 21.2. The van der Waals surface area contributed by atoms with Crippen LogP contribution in [-0.2, 0) is 9.53 Å². The van der Waals surface area contributed by atoms with Gasteiger partial charge in [0.05, 0.1) is 0 Å². The zero-order valence-corrected chi connectivity index (χ0v) is 28.9. The average molecular weight is 600 g/mol. The molecule has 3 nitrogen and oxygen atoms in total. The van der Waals surface area contributed by atoms with Gasteiger partial charge in [0, 0.05) is 6.42 Å². The Labute approximate surface area is 269 Å². The molecule has 2 N–H and O–H groups in total. The van der Waals surface area contributed by atoms with Crippen LogP contribution in [0.25, 0.3) is 0 Å². The quantitative estimate of drug-likeness (QED) is 0.0464. The molecule has 0 spiro atoms. The summed E-state index contributed by atoms with van der Waals surface area (Å²) >= 11 is 0. The molecule has 0 bridgehead atoms. The third kappa shape index (κ3) is 34.7. The molecule has 0 aromatic carbocycles. The van der Waals surface area contributed by atoms with Crippen molar-refractivity contribution < 1.29 is 9.53 Å². The molecule has 0 aliphatic rings. The maximum atomic E-state index is 12.2. The van der Waals surface area contributed by atoms with Crippen molar-refractivity contribution >= 4 is 5.97 Å². The molecule has 3 heteroatoms. The first-order valence-corrected chi connectivity index (χ1v) is 18.7. The van der Waals surface area contributed by atoms with Crippen LogP contribution in [0.4, 0.5) is 0 Å². The number of ether oxygens (including phenoxy) is 1. The molecule has 0 rings (SSSR count). The van der Waals surface area contributed by atoms with E-state index in [4.69, 9.17) is 10.5 Å². The summed E-state index contributed by atoms with van der Waals surface area (Å²) in [5.41, 5.74) is 5.59. The van der Waals surface area contributed by atoms with Gasteiger partial charge in [-0.15, -0.1) is 0 Å². The van der Waals surface area contributed by atoms with E-state index in [0.717, 1.165) is 32.1 Å². The number of carbonyl (C=O) groups excluding carboxylic acids is 1. The van der Waals surface area contributed by atoms with E-state index in [1.54, 1.807) is 0 Å². The van der Waals surface area contributed by atoms with Gasteiger partial charge in [0.1, 0.15) is 6.10 Å². The van der Waals surface area contributed by atoms with E-state index >= 15 is 0 Å². The van der Waals surface area contributed by atoms with Crippen LogP contribution in [0.1, 0.15) is 187 Å². The zero-order chi connectivity index (χ0) is 31.3. The first-order valence-electron chi connectivity index (χ1n) is 18.7. The van der Waals surface area contributed by atoms with Crippen molar-refractivity contribution in [3.05, 3.63) is 48.6 Å². The molecule has 0 saturated carbocycles. The molecule has 1 unspecified atom stereocenters. The Bertz CT molecular complexity index is 678. The van der Waals surface area contributed by atoms with Crippen LogP contribution < -0.4 is 5.73 Å². The van der Waals surface area contributed by atoms with Crippen molar-refractivity contribution in [1.29, 1.82) is 0 Å². The summed E-state index contributed by atoms with van der Waals surface area (Å²) in [7, 11) is 0. The molecule has 0 amide bonds. The Morgan fingerprint density at radius 3 is 1.35 bits per heavy atom. The molecule has 43 heavy (non-hydrogen) atoms. The first kappa shape index (κ1) is 41.4. The van der Waals surface area contributed by atoms with Crippen LogP contribution in [0.5, 0.6) is 0 Å². The molecule has 250 valence electrons. The highest BCUT2D eigenvalue weighted by Gasteiger charge is 2.14. The molecular weight excluding hydrogens is 526 g/mol. The predicted molar refractivity (Wildman–Crippen MR) is 192 cm³/mol. The lowest BCUT2D eigenvalue weighted by Gasteiger charge is -2.18. The molecule has 0 radical (unpaired) electrons. The van der Waals surface area contributed by atoms with Gasteiger partial charge in [0.2, 0.25) is 0 Å². The van der Waals surface area contributed by atoms with E-state index in [9.17, 15) is 4.79 Å². The highest BCUT2D eigenvalue weighted by molar-refractivity contribution is 5.69. The number of esters is 1. The van der Waals surface area contributed by atoms with Crippen LogP contribution >= 0.6 is 0 Å². The maximum Gasteiger partial charge on any atom is 0.306 e. The third-order valence-corrected chi connectivity index (χ3v) is 8.09. The summed E-state index contributed by atoms with van der Waals surface area (Å²) in [5, 5.41) is 0. The molecular formula is C40H73NO2. The summed E-state index contributed by atoms with van der Waals surface area (Å²) in [6.07, 6.45) is 50.8. The van der Waals surface area contributed by atoms with E-state index in [2.05, 4.69) is 62.5 Å². The lowest BCUT2D eigenvalue weighted by Crippen LogP contribution is -2.19. The van der Waals surface area contributed by atoms with Crippen molar-refractivity contribution in [2.45, 2.75) is 193 Å². The minimum atomic E-state index is -0.0556. The standard InChI is InChI=1S/C40H73NO2/c1-3-5-7-9-11-13-15-17-19-21-23-25-27-29-31-33-36-39(43-40(42)37-34-38-41)35-32-30-28-26-24-22-20-18-16-14-12-10-8-6-4-2/h10-13,16-19,39H,3-9,14-15,20-38,41H2,1-2H3/b12-10-,13-11-,18-16-,19-17-. The fourth-order valence-corrected chi connectivity index (χ4v) is 5.28. The van der Waals surface area contributed by atoms with Gasteiger partial charge in [-0.2, -0.15) is 0 Å². The van der Waals surface area contributed by atoms with Gasteiger partial charge in [-0.1, -0.05) is 140 Å². The molecule has 0 fully saturated rings. The number of rotatable bonds is 33. The van der Waals surface area contributed by atoms with Gasteiger partial charge in [-0.05, 0) is 96.4 Å². The number of carbonyl (C=O) groups is 1. The SMILES string of the molecule is CCCC/C=C\C/C=C\CCCCCCCCC(CCCCCCCC/C=C\C/C=C\CCCCC)OC(=O)CCCN. The van der Waals surface area contributed by atoms with Gasteiger partial charge in [0.25, 0.3) is 0 Å². The van der Waals surface area contributed by atoms with E-state index in [-0.39, 0.29) is 12.1 Å². The second kappa shape index (κ2) is 36.6. The van der Waals surface area contributed by atoms with Crippen LogP contribution in [0, 0.1) is 0 Å². The van der Waals surface area contributed by atoms with Crippen molar-refractivity contribution in [2.75, 3.05) is 6.54 Å². The molecule has 0 saturated heterocycles. The molecule has 0 aromatic heterocycles. The summed E-state index contributed by atoms with van der Waals surface area (Å²) in [4.78, 5) is 12.2. The highest BCUT2D eigenvalue weighted by atomic mass is 16.5. The highest BCUT2D eigenvalue weighted by Crippen LogP contribution is 2.18. The Hall–Kier alpha value is -1.61. The van der Waals surface area contributed by atoms with Crippen LogP contribution in [0.2, 0.25) is 0 Å². The summed E-state index contributed by atoms with van der Waals surface area (Å²) < 4.78 is 5.88. The predicted octanol–water partition coefficient (Wildman–Crippen LogP) is 12.7. The Kier molecular flexibility index (Phi) is 35.2. The smallest absolute Gasteiger partial charge is 0.306 e. The van der Waals surface area contributed by atoms with Gasteiger partial charge in [0.15, 0.2) is 0 Å². The minimum absolute atomic E-state index is 0.0556. The lowest BCUT2D eigenvalue weighted by molar-refractivity contribution is -0.150. The summed E-state index contributed by atoms with van der Waals surface area (Å²) in [6.45, 7) is 5.05. The topological polar surface area (TPSA) is 52.3 Å². The Morgan fingerprint density at radius 2 is 0.907 bits per heavy atom. The molecule has 0 heterocycles. The van der Waals surface area contributed by atoms with Crippen LogP contribution in [-0.4, -0.2) is 18.6 Å². The third-order valence-electron chi connectivity index (χ3n) is 8.09. The summed E-state index contributed by atoms with van der Waals surface area (Å²) in [5.74, 6) is -0.0556. The van der Waals surface area contributed by atoms with Gasteiger partial charge >= 0.3 is 5.97 Å². The van der Waals surface area contributed by atoms with E-state index in [0.29, 0.717) is 13.0 Å². The monoisotopic (exact) mass is 600 g/mol. The van der Waals surface area contributed by atoms with Crippen molar-refractivity contribution in [3.63, 3.8) is 0 Å². The van der Waals surface area contributed by atoms with E-state index in [1.807, 2.05) is 0 Å². The molecule has 0 aliphatic carbocycles. The minimum Gasteiger partial charge on any atom is -0.462 e. The van der Waals surface area contributed by atoms with E-state index < -0.39 is 0 Å². The van der Waals surface area contributed by atoms with Gasteiger partial charge in [-0.3, -0.25) is 4.79 Å². The summed E-state index contributed by atoms with van der Waals surface area (Å²) in [6, 6.07) is 0. The fraction of sp³-hybridized carbons (Fsp3) is 0.775. The lowest BCUT2D eigenvalue weighted by atomic mass is 10.0. The zero-order valence-electron chi connectivity index (χ0n) is 28.9. The number of allylic oxidation sites excluding steroid dienone is 8. The van der Waals surface area contributed by atoms with Crippen molar-refractivity contribution in [2.24, 2.45) is 5.73 Å². The number of hydrogen-bond donors (Lipinski definition) is 1. The van der Waals surface area contributed by atoms with E-state index in [1.165, 1.54) is 135 Å². The molecule has 0 aromatic rings. The van der Waals surface area contributed by atoms with Crippen LogP contribution in [0.15, 0.2) is 48.6 Å². The van der Waals surface area contributed by atoms with Crippen molar-refractivity contribution in [3.8, 4) is 0 Å². The largest absolute Gasteiger partial charge is 0.462 e. The normalized spacial score (nSPS) is 12.9. The molecule has 1 atom stereocenters. The number of hydrogen-bond acceptors (Lipinski definition) is 3. The maximum absolute atomic E-state index is 12.2. The average Bonchev–Trinajstić information content (AvgIpc) is 3.01. The van der Waals surface area contributed by atoms with Crippen LogP contribution in [0.3, 0.4) is 0 Å². The Morgan fingerprint density at radius 1 is 0.512 bits per heavy atom. The fourth-order valence-electron chi connectivity index (χ4n) is 5.28. The number of nitrogens with two attached hydrogens (primary N) is 1. The Balaban J connectivity index is 3.89. The van der Waals surface area contributed by atoms with Crippen molar-refractivity contribution in [1.82, 2.24) is 0 Å².